The van der Waals surface area contributed by atoms with Gasteiger partial charge in [0.25, 0.3) is 5.91 Å². The van der Waals surface area contributed by atoms with E-state index in [1.807, 2.05) is 12.1 Å². The maximum absolute atomic E-state index is 11.5. The van der Waals surface area contributed by atoms with Crippen molar-refractivity contribution in [1.82, 2.24) is 5.32 Å². The van der Waals surface area contributed by atoms with Gasteiger partial charge in [0.15, 0.2) is 0 Å². The van der Waals surface area contributed by atoms with Gasteiger partial charge in [-0.1, -0.05) is 11.6 Å². The summed E-state index contributed by atoms with van der Waals surface area (Å²) in [6.07, 6.45) is 3.73. The topological polar surface area (TPSA) is 32.3 Å². The van der Waals surface area contributed by atoms with E-state index >= 15 is 0 Å². The lowest BCUT2D eigenvalue weighted by Crippen LogP contribution is -2.29. The fourth-order valence-corrected chi connectivity index (χ4v) is 2.48. The van der Waals surface area contributed by atoms with Crippen molar-refractivity contribution in [2.75, 3.05) is 25.0 Å². The highest BCUT2D eigenvalue weighted by Crippen LogP contribution is 2.29. The van der Waals surface area contributed by atoms with Gasteiger partial charge in [-0.25, -0.2) is 0 Å². The fourth-order valence-electron chi connectivity index (χ4n) is 2.18. The molecule has 3 nitrogen and oxygen atoms in total. The fraction of sp³-hybridized carbons (Fsp3) is 0.462. The molecular weight excluding hydrogens is 236 g/mol. The Labute approximate surface area is 107 Å². The first-order valence-corrected chi connectivity index (χ1v) is 6.37. The largest absolute Gasteiger partial charge is 0.370 e. The van der Waals surface area contributed by atoms with Gasteiger partial charge in [-0.2, -0.15) is 0 Å². The quantitative estimate of drug-likeness (QED) is 0.878. The lowest BCUT2D eigenvalue weighted by molar-refractivity contribution is 0.0963. The summed E-state index contributed by atoms with van der Waals surface area (Å²) in [5.74, 6) is -0.0999. The zero-order chi connectivity index (χ0) is 12.3. The molecule has 1 fully saturated rings. The molecule has 1 aliphatic heterocycles. The second-order valence-corrected chi connectivity index (χ2v) is 4.70. The summed E-state index contributed by atoms with van der Waals surface area (Å²) in [5.41, 5.74) is 1.65. The third-order valence-electron chi connectivity index (χ3n) is 3.13. The summed E-state index contributed by atoms with van der Waals surface area (Å²) in [6, 6.07) is 5.51. The van der Waals surface area contributed by atoms with Crippen LogP contribution in [0.4, 0.5) is 5.69 Å². The molecule has 17 heavy (non-hydrogen) atoms. The van der Waals surface area contributed by atoms with Crippen LogP contribution in [0.5, 0.6) is 0 Å². The lowest BCUT2D eigenvalue weighted by Gasteiger charge is -2.29. The summed E-state index contributed by atoms with van der Waals surface area (Å²) >= 11 is 6.24. The first kappa shape index (κ1) is 12.2. The number of benzene rings is 1. The van der Waals surface area contributed by atoms with Gasteiger partial charge in [0.05, 0.1) is 10.7 Å². The molecule has 92 valence electrons. The molecule has 1 amide bonds. The SMILES string of the molecule is CNC(=O)c1ccc(N2CCCCC2)c(Cl)c1. The predicted molar refractivity (Wildman–Crippen MR) is 70.9 cm³/mol. The Bertz CT molecular complexity index is 414. The van der Waals surface area contributed by atoms with Crippen molar-refractivity contribution in [2.24, 2.45) is 0 Å². The standard InChI is InChI=1S/C13H17ClN2O/c1-15-13(17)10-5-6-12(11(14)9-10)16-7-3-2-4-8-16/h5-6,9H,2-4,7-8H2,1H3,(H,15,17). The van der Waals surface area contributed by atoms with Crippen molar-refractivity contribution in [3.05, 3.63) is 28.8 Å². The molecule has 0 radical (unpaired) electrons. The van der Waals surface area contributed by atoms with Crippen LogP contribution in [0.15, 0.2) is 18.2 Å². The first-order chi connectivity index (χ1) is 8.22. The van der Waals surface area contributed by atoms with Gasteiger partial charge in [-0.3, -0.25) is 4.79 Å². The van der Waals surface area contributed by atoms with E-state index in [4.69, 9.17) is 11.6 Å². The molecular formula is C13H17ClN2O. The highest BCUT2D eigenvalue weighted by atomic mass is 35.5. The molecule has 4 heteroatoms. The number of carbonyl (C=O) groups excluding carboxylic acids is 1. The Morgan fingerprint density at radius 2 is 2.00 bits per heavy atom. The number of carbonyl (C=O) groups is 1. The molecule has 1 aliphatic rings. The smallest absolute Gasteiger partial charge is 0.251 e. The Hall–Kier alpha value is -1.22. The number of piperidine rings is 1. The molecule has 1 N–H and O–H groups in total. The van der Waals surface area contributed by atoms with Crippen molar-refractivity contribution in [2.45, 2.75) is 19.3 Å². The molecule has 2 rings (SSSR count). The minimum atomic E-state index is -0.0999. The van der Waals surface area contributed by atoms with Crippen LogP contribution in [-0.4, -0.2) is 26.0 Å². The number of nitrogens with one attached hydrogen (secondary N) is 1. The van der Waals surface area contributed by atoms with Crippen molar-refractivity contribution in [3.63, 3.8) is 0 Å². The Morgan fingerprint density at radius 1 is 1.29 bits per heavy atom. The van der Waals surface area contributed by atoms with Crippen LogP contribution < -0.4 is 10.2 Å². The number of anilines is 1. The Balaban J connectivity index is 2.21. The van der Waals surface area contributed by atoms with E-state index in [2.05, 4.69) is 10.2 Å². The van der Waals surface area contributed by atoms with Crippen LogP contribution in [0.1, 0.15) is 29.6 Å². The Kier molecular flexibility index (Phi) is 3.89. The number of halogens is 1. The third kappa shape index (κ3) is 2.72. The average molecular weight is 253 g/mol. The molecule has 1 aromatic rings. The molecule has 1 saturated heterocycles. The predicted octanol–water partition coefficient (Wildman–Crippen LogP) is 2.69. The van der Waals surface area contributed by atoms with Crippen LogP contribution in [-0.2, 0) is 0 Å². The maximum atomic E-state index is 11.5. The van der Waals surface area contributed by atoms with E-state index < -0.39 is 0 Å². The highest BCUT2D eigenvalue weighted by molar-refractivity contribution is 6.33. The van der Waals surface area contributed by atoms with E-state index in [1.54, 1.807) is 13.1 Å². The van der Waals surface area contributed by atoms with Crippen molar-refractivity contribution in [3.8, 4) is 0 Å². The van der Waals surface area contributed by atoms with E-state index in [0.29, 0.717) is 10.6 Å². The monoisotopic (exact) mass is 252 g/mol. The minimum Gasteiger partial charge on any atom is -0.370 e. The molecule has 0 atom stereocenters. The summed E-state index contributed by atoms with van der Waals surface area (Å²) < 4.78 is 0. The number of hydrogen-bond acceptors (Lipinski definition) is 2. The summed E-state index contributed by atoms with van der Waals surface area (Å²) in [4.78, 5) is 13.8. The first-order valence-electron chi connectivity index (χ1n) is 5.99. The van der Waals surface area contributed by atoms with Crippen LogP contribution in [0.3, 0.4) is 0 Å². The van der Waals surface area contributed by atoms with E-state index in [9.17, 15) is 4.79 Å². The molecule has 0 unspecified atom stereocenters. The van der Waals surface area contributed by atoms with Gasteiger partial charge in [0.1, 0.15) is 0 Å². The van der Waals surface area contributed by atoms with Gasteiger partial charge in [0, 0.05) is 25.7 Å². The molecule has 0 aromatic heterocycles. The second-order valence-electron chi connectivity index (χ2n) is 4.29. The molecule has 1 aromatic carbocycles. The van der Waals surface area contributed by atoms with Crippen molar-refractivity contribution < 1.29 is 4.79 Å². The minimum absolute atomic E-state index is 0.0999. The number of hydrogen-bond donors (Lipinski definition) is 1. The third-order valence-corrected chi connectivity index (χ3v) is 3.44. The van der Waals surface area contributed by atoms with Crippen LogP contribution >= 0.6 is 11.6 Å². The summed E-state index contributed by atoms with van der Waals surface area (Å²) in [7, 11) is 1.62. The van der Waals surface area contributed by atoms with Gasteiger partial charge >= 0.3 is 0 Å². The lowest BCUT2D eigenvalue weighted by atomic mass is 10.1. The number of amides is 1. The van der Waals surface area contributed by atoms with Crippen LogP contribution in [0, 0.1) is 0 Å². The van der Waals surface area contributed by atoms with E-state index in [1.165, 1.54) is 19.3 Å². The second kappa shape index (κ2) is 5.41. The molecule has 1 heterocycles. The summed E-state index contributed by atoms with van der Waals surface area (Å²) in [6.45, 7) is 2.11. The average Bonchev–Trinajstić information content (AvgIpc) is 2.38. The Morgan fingerprint density at radius 3 is 2.59 bits per heavy atom. The maximum Gasteiger partial charge on any atom is 0.251 e. The van der Waals surface area contributed by atoms with Gasteiger partial charge in [-0.05, 0) is 37.5 Å². The van der Waals surface area contributed by atoms with E-state index in [0.717, 1.165) is 18.8 Å². The summed E-state index contributed by atoms with van der Waals surface area (Å²) in [5, 5.41) is 3.26. The van der Waals surface area contributed by atoms with Gasteiger partial charge in [0.2, 0.25) is 0 Å². The van der Waals surface area contributed by atoms with Crippen molar-refractivity contribution >= 4 is 23.2 Å². The zero-order valence-corrected chi connectivity index (χ0v) is 10.8. The molecule has 0 spiro atoms. The molecule has 0 saturated carbocycles. The van der Waals surface area contributed by atoms with E-state index in [-0.39, 0.29) is 5.91 Å². The van der Waals surface area contributed by atoms with Gasteiger partial charge in [-0.15, -0.1) is 0 Å². The van der Waals surface area contributed by atoms with Crippen LogP contribution in [0.2, 0.25) is 5.02 Å². The van der Waals surface area contributed by atoms with Gasteiger partial charge < -0.3 is 10.2 Å². The molecule has 0 aliphatic carbocycles. The zero-order valence-electron chi connectivity index (χ0n) is 10.0. The molecule has 0 bridgehead atoms. The normalized spacial score (nSPS) is 15.8. The van der Waals surface area contributed by atoms with Crippen LogP contribution in [0.25, 0.3) is 0 Å². The number of rotatable bonds is 2. The van der Waals surface area contributed by atoms with Crippen molar-refractivity contribution in [1.29, 1.82) is 0 Å². The number of nitrogens with zero attached hydrogens (tertiary/aromatic N) is 1. The highest BCUT2D eigenvalue weighted by Gasteiger charge is 2.15.